The second kappa shape index (κ2) is 5.53. The summed E-state index contributed by atoms with van der Waals surface area (Å²) in [5.41, 5.74) is 0. The minimum absolute atomic E-state index is 0.263. The van der Waals surface area contributed by atoms with E-state index in [2.05, 4.69) is 14.7 Å². The van der Waals surface area contributed by atoms with Crippen LogP contribution >= 0.6 is 22.9 Å². The Morgan fingerprint density at radius 3 is 2.48 bits per heavy atom. The van der Waals surface area contributed by atoms with E-state index in [1.165, 1.54) is 11.3 Å². The molecule has 0 saturated carbocycles. The van der Waals surface area contributed by atoms with Crippen molar-refractivity contribution in [3.8, 4) is 5.88 Å². The van der Waals surface area contributed by atoms with Crippen molar-refractivity contribution < 1.29 is 26.7 Å². The van der Waals surface area contributed by atoms with E-state index in [0.717, 1.165) is 4.88 Å². The van der Waals surface area contributed by atoms with Gasteiger partial charge in [-0.3, -0.25) is 0 Å². The lowest BCUT2D eigenvalue weighted by Crippen LogP contribution is -2.41. The monoisotopic (exact) mass is 346 g/mol. The average molecular weight is 347 g/mol. The molecule has 2 aromatic heterocycles. The van der Waals surface area contributed by atoms with Gasteiger partial charge in [0.2, 0.25) is 11.2 Å². The topological polar surface area (TPSA) is 35.0 Å². The molecule has 116 valence electrons. The molecule has 0 atom stereocenters. The first kappa shape index (κ1) is 16.2. The number of ether oxygens (including phenoxy) is 1. The first-order chi connectivity index (χ1) is 9.64. The standard InChI is InChI=1S/C11H8ClF5N2OS/c1-2-5-3-6-7(18-9(12)19-8(6)21-5)20-4-10(13,14)11(15,16)17/h3H,2,4H2,1H3. The number of thiophene rings is 1. The van der Waals surface area contributed by atoms with Crippen molar-refractivity contribution >= 4 is 33.2 Å². The summed E-state index contributed by atoms with van der Waals surface area (Å²) in [5, 5.41) is -0.0171. The summed E-state index contributed by atoms with van der Waals surface area (Å²) >= 11 is 6.85. The summed E-state index contributed by atoms with van der Waals surface area (Å²) in [6.45, 7) is -0.00562. The highest BCUT2D eigenvalue weighted by Gasteiger charge is 2.58. The first-order valence-corrected chi connectivity index (χ1v) is 6.87. The Balaban J connectivity index is 2.32. The van der Waals surface area contributed by atoms with Gasteiger partial charge in [-0.2, -0.15) is 26.9 Å². The lowest BCUT2D eigenvalue weighted by Gasteiger charge is -2.19. The van der Waals surface area contributed by atoms with Crippen molar-refractivity contribution in [1.29, 1.82) is 0 Å². The predicted octanol–water partition coefficient (Wildman–Crippen LogP) is 4.48. The van der Waals surface area contributed by atoms with Gasteiger partial charge in [0.05, 0.1) is 5.39 Å². The highest BCUT2D eigenvalue weighted by molar-refractivity contribution is 7.18. The van der Waals surface area contributed by atoms with Crippen LogP contribution in [0.2, 0.25) is 5.28 Å². The van der Waals surface area contributed by atoms with Gasteiger partial charge in [0.15, 0.2) is 6.61 Å². The summed E-state index contributed by atoms with van der Waals surface area (Å²) in [4.78, 5) is 8.68. The molecule has 0 amide bonds. The predicted molar refractivity (Wildman–Crippen MR) is 68.3 cm³/mol. The Morgan fingerprint density at radius 2 is 1.90 bits per heavy atom. The Kier molecular flexibility index (Phi) is 4.25. The molecule has 0 spiro atoms. The highest BCUT2D eigenvalue weighted by atomic mass is 35.5. The van der Waals surface area contributed by atoms with Crippen LogP contribution in [0.4, 0.5) is 22.0 Å². The Morgan fingerprint density at radius 1 is 1.24 bits per heavy atom. The molecule has 2 heterocycles. The molecule has 0 aliphatic carbocycles. The lowest BCUT2D eigenvalue weighted by molar-refractivity contribution is -0.290. The quantitative estimate of drug-likeness (QED) is 0.604. The number of aromatic nitrogens is 2. The molecule has 2 aromatic rings. The Labute approximate surface area is 124 Å². The number of aryl methyl sites for hydroxylation is 1. The van der Waals surface area contributed by atoms with Gasteiger partial charge in [0.1, 0.15) is 4.83 Å². The van der Waals surface area contributed by atoms with Crippen molar-refractivity contribution in [2.45, 2.75) is 25.4 Å². The van der Waals surface area contributed by atoms with Crippen LogP contribution in [0.3, 0.4) is 0 Å². The van der Waals surface area contributed by atoms with E-state index < -0.39 is 18.7 Å². The summed E-state index contributed by atoms with van der Waals surface area (Å²) < 4.78 is 66.6. The van der Waals surface area contributed by atoms with E-state index in [-0.39, 0.29) is 16.5 Å². The molecule has 0 aliphatic heterocycles. The van der Waals surface area contributed by atoms with Gasteiger partial charge < -0.3 is 4.74 Å². The maximum absolute atomic E-state index is 12.9. The molecule has 0 radical (unpaired) electrons. The SMILES string of the molecule is CCc1cc2c(OCC(F)(F)C(F)(F)F)nc(Cl)nc2s1. The number of rotatable bonds is 4. The molecule has 0 saturated heterocycles. The van der Waals surface area contributed by atoms with E-state index in [0.29, 0.717) is 11.3 Å². The second-order valence-electron chi connectivity index (χ2n) is 4.07. The van der Waals surface area contributed by atoms with Crippen LogP contribution in [-0.2, 0) is 6.42 Å². The van der Waals surface area contributed by atoms with E-state index in [1.54, 1.807) is 6.07 Å². The maximum Gasteiger partial charge on any atom is 0.456 e. The average Bonchev–Trinajstić information content (AvgIpc) is 2.77. The fraction of sp³-hybridized carbons (Fsp3) is 0.455. The van der Waals surface area contributed by atoms with Crippen LogP contribution in [0.5, 0.6) is 5.88 Å². The maximum atomic E-state index is 12.9. The van der Waals surface area contributed by atoms with Crippen LogP contribution in [-0.4, -0.2) is 28.7 Å². The smallest absolute Gasteiger partial charge is 0.456 e. The fourth-order valence-electron chi connectivity index (χ4n) is 1.45. The van der Waals surface area contributed by atoms with Crippen LogP contribution in [0.1, 0.15) is 11.8 Å². The van der Waals surface area contributed by atoms with Gasteiger partial charge >= 0.3 is 12.1 Å². The van der Waals surface area contributed by atoms with Gasteiger partial charge in [0, 0.05) is 4.88 Å². The highest BCUT2D eigenvalue weighted by Crippen LogP contribution is 2.37. The number of fused-ring (bicyclic) bond motifs is 1. The molecule has 0 bridgehead atoms. The molecule has 0 aromatic carbocycles. The van der Waals surface area contributed by atoms with Crippen molar-refractivity contribution in [2.75, 3.05) is 6.61 Å². The van der Waals surface area contributed by atoms with Crippen LogP contribution in [0, 0.1) is 0 Å². The molecule has 0 fully saturated rings. The third kappa shape index (κ3) is 3.34. The van der Waals surface area contributed by atoms with Gasteiger partial charge in [-0.15, -0.1) is 11.3 Å². The zero-order valence-electron chi connectivity index (χ0n) is 10.5. The van der Waals surface area contributed by atoms with Gasteiger partial charge in [-0.1, -0.05) is 6.92 Å². The molecule has 0 unspecified atom stereocenters. The van der Waals surface area contributed by atoms with Crippen molar-refractivity contribution in [3.63, 3.8) is 0 Å². The molecule has 0 aliphatic rings. The lowest BCUT2D eigenvalue weighted by atomic mass is 10.3. The van der Waals surface area contributed by atoms with E-state index in [9.17, 15) is 22.0 Å². The number of hydrogen-bond acceptors (Lipinski definition) is 4. The van der Waals surface area contributed by atoms with E-state index in [4.69, 9.17) is 11.6 Å². The Bertz CT molecular complexity index is 658. The van der Waals surface area contributed by atoms with Gasteiger partial charge in [0.25, 0.3) is 0 Å². The number of halogens is 6. The molecule has 0 N–H and O–H groups in total. The van der Waals surface area contributed by atoms with Crippen molar-refractivity contribution in [1.82, 2.24) is 9.97 Å². The first-order valence-electron chi connectivity index (χ1n) is 5.67. The third-order valence-corrected chi connectivity index (χ3v) is 3.88. The van der Waals surface area contributed by atoms with Gasteiger partial charge in [-0.05, 0) is 24.1 Å². The van der Waals surface area contributed by atoms with E-state index >= 15 is 0 Å². The van der Waals surface area contributed by atoms with Crippen LogP contribution in [0.25, 0.3) is 10.2 Å². The summed E-state index contributed by atoms with van der Waals surface area (Å²) in [7, 11) is 0. The van der Waals surface area contributed by atoms with Gasteiger partial charge in [-0.25, -0.2) is 4.98 Å². The second-order valence-corrected chi connectivity index (χ2v) is 5.53. The minimum atomic E-state index is -5.69. The normalized spacial score (nSPS) is 12.9. The number of alkyl halides is 5. The molecule has 2 rings (SSSR count). The molecular weight excluding hydrogens is 339 g/mol. The summed E-state index contributed by atoms with van der Waals surface area (Å²) in [6.07, 6.45) is -5.04. The van der Waals surface area contributed by atoms with E-state index in [1.807, 2.05) is 6.92 Å². The third-order valence-electron chi connectivity index (χ3n) is 2.53. The Hall–Kier alpha value is -1.22. The van der Waals surface area contributed by atoms with Crippen LogP contribution in [0.15, 0.2) is 6.07 Å². The largest absolute Gasteiger partial charge is 0.470 e. The van der Waals surface area contributed by atoms with Crippen molar-refractivity contribution in [3.05, 3.63) is 16.2 Å². The zero-order chi connectivity index (χ0) is 15.8. The fourth-order valence-corrected chi connectivity index (χ4v) is 2.61. The van der Waals surface area contributed by atoms with Crippen molar-refractivity contribution in [2.24, 2.45) is 0 Å². The number of nitrogens with zero attached hydrogens (tertiary/aromatic N) is 2. The minimum Gasteiger partial charge on any atom is -0.470 e. The summed E-state index contributed by atoms with van der Waals surface area (Å²) in [6, 6.07) is 1.58. The zero-order valence-corrected chi connectivity index (χ0v) is 12.0. The van der Waals surface area contributed by atoms with Crippen LogP contribution < -0.4 is 4.74 Å². The molecule has 10 heteroatoms. The number of hydrogen-bond donors (Lipinski definition) is 0. The molecule has 21 heavy (non-hydrogen) atoms. The summed E-state index contributed by atoms with van der Waals surface area (Å²) in [5.74, 6) is -5.36. The molecular formula is C11H8ClF5N2OS. The molecule has 3 nitrogen and oxygen atoms in total.